The van der Waals surface area contributed by atoms with Gasteiger partial charge in [0, 0.05) is 16.2 Å². The van der Waals surface area contributed by atoms with Gasteiger partial charge in [0.1, 0.15) is 0 Å². The number of anilines is 1. The second-order valence-corrected chi connectivity index (χ2v) is 4.85. The molecule has 1 heterocycles. The van der Waals surface area contributed by atoms with Crippen molar-refractivity contribution in [1.29, 1.82) is 0 Å². The molecule has 0 spiro atoms. The number of hydrogen-bond acceptors (Lipinski definition) is 2. The summed E-state index contributed by atoms with van der Waals surface area (Å²) in [5, 5.41) is 12.7. The van der Waals surface area contributed by atoms with Crippen molar-refractivity contribution >= 4 is 21.6 Å². The van der Waals surface area contributed by atoms with Gasteiger partial charge in [-0.3, -0.25) is 0 Å². The number of hydrogen-bond donors (Lipinski definition) is 2. The summed E-state index contributed by atoms with van der Waals surface area (Å²) in [5.41, 5.74) is 2.55. The third-order valence-electron chi connectivity index (χ3n) is 2.52. The first-order valence-corrected chi connectivity index (χ1v) is 5.67. The lowest BCUT2D eigenvalue weighted by Gasteiger charge is -2.12. The largest absolute Gasteiger partial charge is 0.393 e. The number of aliphatic hydroxyl groups excluding tert-OH is 1. The molecule has 0 aromatic heterocycles. The van der Waals surface area contributed by atoms with E-state index in [4.69, 9.17) is 0 Å². The van der Waals surface area contributed by atoms with Crippen LogP contribution in [0.1, 0.15) is 18.9 Å². The maximum Gasteiger partial charge on any atom is 0.0531 e. The van der Waals surface area contributed by atoms with Gasteiger partial charge >= 0.3 is 0 Å². The molecule has 1 aromatic rings. The van der Waals surface area contributed by atoms with Gasteiger partial charge in [0.25, 0.3) is 0 Å². The molecule has 0 radical (unpaired) electrons. The molecule has 2 unspecified atom stereocenters. The van der Waals surface area contributed by atoms with E-state index >= 15 is 0 Å². The maximum absolute atomic E-state index is 9.30. The van der Waals surface area contributed by atoms with Crippen LogP contribution in [0.15, 0.2) is 22.7 Å². The second kappa shape index (κ2) is 3.91. The summed E-state index contributed by atoms with van der Waals surface area (Å²) >= 11 is 3.46. The first kappa shape index (κ1) is 9.99. The first-order chi connectivity index (χ1) is 6.65. The number of aliphatic hydroxyl groups is 1. The average Bonchev–Trinajstić information content (AvgIpc) is 2.44. The molecule has 0 fully saturated rings. The van der Waals surface area contributed by atoms with Crippen LogP contribution < -0.4 is 5.32 Å². The van der Waals surface area contributed by atoms with E-state index in [1.165, 1.54) is 11.3 Å². The highest BCUT2D eigenvalue weighted by Crippen LogP contribution is 2.29. The van der Waals surface area contributed by atoms with Crippen LogP contribution >= 0.6 is 15.9 Å². The van der Waals surface area contributed by atoms with Crippen molar-refractivity contribution in [3.63, 3.8) is 0 Å². The number of rotatable bonds is 2. The molecule has 2 N–H and O–H groups in total. The first-order valence-electron chi connectivity index (χ1n) is 4.88. The van der Waals surface area contributed by atoms with Gasteiger partial charge in [-0.1, -0.05) is 15.9 Å². The Hall–Kier alpha value is -0.540. The zero-order valence-corrected chi connectivity index (χ0v) is 9.71. The van der Waals surface area contributed by atoms with Gasteiger partial charge in [-0.2, -0.15) is 0 Å². The predicted molar refractivity (Wildman–Crippen MR) is 61.6 cm³/mol. The van der Waals surface area contributed by atoms with Gasteiger partial charge in [-0.25, -0.2) is 0 Å². The zero-order chi connectivity index (χ0) is 10.1. The van der Waals surface area contributed by atoms with E-state index in [1.54, 1.807) is 0 Å². The fourth-order valence-corrected chi connectivity index (χ4v) is 2.37. The molecule has 2 nitrogen and oxygen atoms in total. The van der Waals surface area contributed by atoms with E-state index in [1.807, 2.05) is 13.0 Å². The highest BCUT2D eigenvalue weighted by molar-refractivity contribution is 9.10. The molecule has 1 aliphatic heterocycles. The van der Waals surface area contributed by atoms with Crippen LogP contribution in [0.3, 0.4) is 0 Å². The summed E-state index contributed by atoms with van der Waals surface area (Å²) in [5.74, 6) is 0. The Morgan fingerprint density at radius 1 is 1.64 bits per heavy atom. The molecular weight excluding hydrogens is 242 g/mol. The minimum absolute atomic E-state index is 0.231. The third-order valence-corrected chi connectivity index (χ3v) is 3.01. The standard InChI is InChI=1S/C11H14BrNO/c1-7(14)4-10-6-8-5-9(12)2-3-11(8)13-10/h2-3,5,7,10,13-14H,4,6H2,1H3. The van der Waals surface area contributed by atoms with Crippen molar-refractivity contribution < 1.29 is 5.11 Å². The van der Waals surface area contributed by atoms with Crippen molar-refractivity contribution in [1.82, 2.24) is 0 Å². The Bertz CT molecular complexity index is 338. The number of benzene rings is 1. The number of halogens is 1. The number of fused-ring (bicyclic) bond motifs is 1. The molecule has 0 saturated heterocycles. The van der Waals surface area contributed by atoms with Gasteiger partial charge in [0.2, 0.25) is 0 Å². The topological polar surface area (TPSA) is 32.3 Å². The van der Waals surface area contributed by atoms with Crippen molar-refractivity contribution in [2.75, 3.05) is 5.32 Å². The summed E-state index contributed by atoms with van der Waals surface area (Å²) in [6, 6.07) is 6.65. The van der Waals surface area contributed by atoms with Crippen LogP contribution in [0.5, 0.6) is 0 Å². The van der Waals surface area contributed by atoms with Gasteiger partial charge in [-0.05, 0) is 43.5 Å². The van der Waals surface area contributed by atoms with Crippen LogP contribution in [0.2, 0.25) is 0 Å². The quantitative estimate of drug-likeness (QED) is 0.852. The lowest BCUT2D eigenvalue weighted by Crippen LogP contribution is -2.20. The Labute approximate surface area is 92.5 Å². The van der Waals surface area contributed by atoms with E-state index in [-0.39, 0.29) is 6.10 Å². The van der Waals surface area contributed by atoms with Crippen LogP contribution in [0.25, 0.3) is 0 Å². The van der Waals surface area contributed by atoms with E-state index in [9.17, 15) is 5.11 Å². The van der Waals surface area contributed by atoms with Gasteiger partial charge in [0.05, 0.1) is 6.10 Å². The molecule has 1 aromatic carbocycles. The monoisotopic (exact) mass is 255 g/mol. The fraction of sp³-hybridized carbons (Fsp3) is 0.455. The molecule has 0 bridgehead atoms. The van der Waals surface area contributed by atoms with Crippen molar-refractivity contribution in [2.45, 2.75) is 31.9 Å². The van der Waals surface area contributed by atoms with Crippen LogP contribution in [0, 0.1) is 0 Å². The molecule has 2 atom stereocenters. The summed E-state index contributed by atoms with van der Waals surface area (Å²) in [7, 11) is 0. The summed E-state index contributed by atoms with van der Waals surface area (Å²) in [4.78, 5) is 0. The summed E-state index contributed by atoms with van der Waals surface area (Å²) in [6.45, 7) is 1.83. The molecule has 0 aliphatic carbocycles. The van der Waals surface area contributed by atoms with E-state index in [0.29, 0.717) is 6.04 Å². The molecule has 76 valence electrons. The third kappa shape index (κ3) is 2.10. The van der Waals surface area contributed by atoms with Gasteiger partial charge in [0.15, 0.2) is 0 Å². The normalized spacial score (nSPS) is 21.5. The van der Waals surface area contributed by atoms with Crippen molar-refractivity contribution in [3.8, 4) is 0 Å². The number of nitrogens with one attached hydrogen (secondary N) is 1. The van der Waals surface area contributed by atoms with Crippen LogP contribution in [0.4, 0.5) is 5.69 Å². The minimum atomic E-state index is -0.231. The maximum atomic E-state index is 9.30. The highest BCUT2D eigenvalue weighted by Gasteiger charge is 2.21. The van der Waals surface area contributed by atoms with Crippen LogP contribution in [-0.2, 0) is 6.42 Å². The van der Waals surface area contributed by atoms with E-state index in [2.05, 4.69) is 33.4 Å². The Morgan fingerprint density at radius 3 is 3.14 bits per heavy atom. The van der Waals surface area contributed by atoms with E-state index in [0.717, 1.165) is 17.3 Å². The molecule has 2 rings (SSSR count). The summed E-state index contributed by atoms with van der Waals surface area (Å²) < 4.78 is 1.12. The molecule has 14 heavy (non-hydrogen) atoms. The zero-order valence-electron chi connectivity index (χ0n) is 8.13. The second-order valence-electron chi connectivity index (χ2n) is 3.93. The average molecular weight is 256 g/mol. The van der Waals surface area contributed by atoms with E-state index < -0.39 is 0 Å². The van der Waals surface area contributed by atoms with Crippen molar-refractivity contribution in [3.05, 3.63) is 28.2 Å². The minimum Gasteiger partial charge on any atom is -0.393 e. The Morgan fingerprint density at radius 2 is 2.43 bits per heavy atom. The lowest BCUT2D eigenvalue weighted by molar-refractivity contribution is 0.178. The molecule has 1 aliphatic rings. The fourth-order valence-electron chi connectivity index (χ4n) is 1.96. The molecule has 0 saturated carbocycles. The lowest BCUT2D eigenvalue weighted by atomic mass is 10.1. The molecule has 3 heteroatoms. The predicted octanol–water partition coefficient (Wildman–Crippen LogP) is 2.56. The summed E-state index contributed by atoms with van der Waals surface area (Å²) in [6.07, 6.45) is 1.59. The van der Waals surface area contributed by atoms with Gasteiger partial charge in [-0.15, -0.1) is 0 Å². The van der Waals surface area contributed by atoms with Crippen LogP contribution in [-0.4, -0.2) is 17.3 Å². The molecular formula is C11H14BrNO. The smallest absolute Gasteiger partial charge is 0.0531 e. The van der Waals surface area contributed by atoms with Crippen molar-refractivity contribution in [2.24, 2.45) is 0 Å². The van der Waals surface area contributed by atoms with Gasteiger partial charge < -0.3 is 10.4 Å². The SMILES string of the molecule is CC(O)CC1Cc2cc(Br)ccc2N1. The highest BCUT2D eigenvalue weighted by atomic mass is 79.9. The molecule has 0 amide bonds. The Balaban J connectivity index is 2.10. The Kier molecular flexibility index (Phi) is 2.79.